The van der Waals surface area contributed by atoms with Crippen molar-refractivity contribution < 1.29 is 14.7 Å². The van der Waals surface area contributed by atoms with Crippen LogP contribution in [0.1, 0.15) is 84.5 Å². The second-order valence-corrected chi connectivity index (χ2v) is 6.95. The van der Waals surface area contributed by atoms with Gasteiger partial charge in [0.05, 0.1) is 6.10 Å². The molecule has 3 N–H and O–H groups in total. The summed E-state index contributed by atoms with van der Waals surface area (Å²) in [4.78, 5) is 27.4. The van der Waals surface area contributed by atoms with Crippen LogP contribution in [-0.2, 0) is 0 Å². The van der Waals surface area contributed by atoms with Crippen molar-refractivity contribution in [1.29, 1.82) is 0 Å². The number of carbonyl (C=O) groups is 2. The molecule has 1 saturated carbocycles. The van der Waals surface area contributed by atoms with Gasteiger partial charge in [-0.2, -0.15) is 0 Å². The molecule has 5 nitrogen and oxygen atoms in total. The molecule has 1 aromatic heterocycles. The Morgan fingerprint density at radius 3 is 2.43 bits per heavy atom. The van der Waals surface area contributed by atoms with E-state index < -0.39 is 6.10 Å². The largest absolute Gasteiger partial charge is 0.391 e. The first-order valence-electron chi connectivity index (χ1n) is 8.52. The minimum atomic E-state index is -0.493. The van der Waals surface area contributed by atoms with Gasteiger partial charge in [0, 0.05) is 17.8 Å². The van der Waals surface area contributed by atoms with Gasteiger partial charge < -0.3 is 15.4 Å². The van der Waals surface area contributed by atoms with Crippen LogP contribution in [0.2, 0.25) is 0 Å². The Bertz CT molecular complexity index is 583. The summed E-state index contributed by atoms with van der Waals surface area (Å²) in [5.41, 5.74) is 2.55. The number of aliphatic hydroxyl groups excluding tert-OH is 1. The van der Waals surface area contributed by atoms with Crippen LogP contribution in [0, 0.1) is 12.8 Å². The Morgan fingerprint density at radius 1 is 1.30 bits per heavy atom. The molecule has 1 unspecified atom stereocenters. The van der Waals surface area contributed by atoms with Gasteiger partial charge in [-0.05, 0) is 44.1 Å². The average Bonchev–Trinajstić information content (AvgIpc) is 3.11. The number of nitrogens with one attached hydrogen (secondary N) is 2. The molecular weight excluding hydrogens is 292 g/mol. The van der Waals surface area contributed by atoms with Gasteiger partial charge in [0.2, 0.25) is 0 Å². The van der Waals surface area contributed by atoms with Crippen molar-refractivity contribution in [3.63, 3.8) is 0 Å². The molecule has 0 bridgehead atoms. The van der Waals surface area contributed by atoms with E-state index in [1.54, 1.807) is 0 Å². The van der Waals surface area contributed by atoms with Crippen molar-refractivity contribution in [1.82, 2.24) is 10.3 Å². The van der Waals surface area contributed by atoms with Crippen molar-refractivity contribution in [3.05, 3.63) is 22.5 Å². The fraction of sp³-hybridized carbons (Fsp3) is 0.667. The summed E-state index contributed by atoms with van der Waals surface area (Å²) in [5.74, 6) is 0.0752. The van der Waals surface area contributed by atoms with Gasteiger partial charge in [-0.15, -0.1) is 0 Å². The molecule has 1 amide bonds. The van der Waals surface area contributed by atoms with Crippen LogP contribution in [0.5, 0.6) is 0 Å². The van der Waals surface area contributed by atoms with Crippen molar-refractivity contribution in [2.45, 2.75) is 65.4 Å². The number of aryl methyl sites for hydroxylation is 1. The van der Waals surface area contributed by atoms with E-state index in [1.807, 2.05) is 20.8 Å². The van der Waals surface area contributed by atoms with E-state index in [0.29, 0.717) is 11.3 Å². The number of ketones is 1. The monoisotopic (exact) mass is 320 g/mol. The summed E-state index contributed by atoms with van der Waals surface area (Å²) in [7, 11) is 0. The van der Waals surface area contributed by atoms with Crippen molar-refractivity contribution in [2.24, 2.45) is 5.92 Å². The topological polar surface area (TPSA) is 82.2 Å². The second kappa shape index (κ2) is 7.30. The summed E-state index contributed by atoms with van der Waals surface area (Å²) in [6.45, 7) is 7.53. The van der Waals surface area contributed by atoms with Gasteiger partial charge in [-0.25, -0.2) is 0 Å². The number of H-pyrrole nitrogens is 1. The summed E-state index contributed by atoms with van der Waals surface area (Å²) in [5, 5.41) is 13.0. The highest BCUT2D eigenvalue weighted by atomic mass is 16.3. The zero-order chi connectivity index (χ0) is 17.1. The maximum atomic E-state index is 12.5. The molecule has 1 aliphatic carbocycles. The number of hydrogen-bond acceptors (Lipinski definition) is 3. The molecule has 0 saturated heterocycles. The van der Waals surface area contributed by atoms with Gasteiger partial charge in [0.15, 0.2) is 5.78 Å². The zero-order valence-corrected chi connectivity index (χ0v) is 14.5. The first-order valence-corrected chi connectivity index (χ1v) is 8.52. The highest BCUT2D eigenvalue weighted by Gasteiger charge is 2.27. The second-order valence-electron chi connectivity index (χ2n) is 6.95. The van der Waals surface area contributed by atoms with E-state index in [-0.39, 0.29) is 30.1 Å². The first kappa shape index (κ1) is 17.7. The maximum absolute atomic E-state index is 12.5. The SMILES string of the molecule is CC(=O)c1c(C)[nH]c(C(=O)NCC(O)C2CCCC2)c1C(C)C. The normalized spacial score (nSPS) is 16.8. The van der Waals surface area contributed by atoms with Gasteiger partial charge in [0.25, 0.3) is 5.91 Å². The number of amides is 1. The molecule has 23 heavy (non-hydrogen) atoms. The molecule has 1 fully saturated rings. The van der Waals surface area contributed by atoms with E-state index in [9.17, 15) is 14.7 Å². The number of aromatic amines is 1. The molecule has 128 valence electrons. The number of carbonyl (C=O) groups excluding carboxylic acids is 2. The van der Waals surface area contributed by atoms with Crippen LogP contribution < -0.4 is 5.32 Å². The smallest absolute Gasteiger partial charge is 0.268 e. The molecule has 0 aliphatic heterocycles. The van der Waals surface area contributed by atoms with Crippen molar-refractivity contribution >= 4 is 11.7 Å². The van der Waals surface area contributed by atoms with Crippen LogP contribution in [0.25, 0.3) is 0 Å². The van der Waals surface area contributed by atoms with Crippen LogP contribution in [0.3, 0.4) is 0 Å². The Labute approximate surface area is 137 Å². The predicted octanol–water partition coefficient (Wildman–Crippen LogP) is 2.93. The average molecular weight is 320 g/mol. The number of hydrogen-bond donors (Lipinski definition) is 3. The number of rotatable bonds is 6. The highest BCUT2D eigenvalue weighted by Crippen LogP contribution is 2.28. The Hall–Kier alpha value is -1.62. The number of aromatic nitrogens is 1. The van der Waals surface area contributed by atoms with Crippen LogP contribution >= 0.6 is 0 Å². The lowest BCUT2D eigenvalue weighted by atomic mass is 9.95. The summed E-state index contributed by atoms with van der Waals surface area (Å²) in [6, 6.07) is 0. The third-order valence-electron chi connectivity index (χ3n) is 4.80. The molecule has 1 aromatic rings. The maximum Gasteiger partial charge on any atom is 0.268 e. The Morgan fingerprint density at radius 2 is 1.91 bits per heavy atom. The minimum Gasteiger partial charge on any atom is -0.391 e. The lowest BCUT2D eigenvalue weighted by Gasteiger charge is -2.18. The van der Waals surface area contributed by atoms with E-state index in [4.69, 9.17) is 0 Å². The minimum absolute atomic E-state index is 0.0347. The Kier molecular flexibility index (Phi) is 5.63. The van der Waals surface area contributed by atoms with E-state index in [1.165, 1.54) is 6.92 Å². The lowest BCUT2D eigenvalue weighted by molar-refractivity contribution is 0.0836. The molecule has 1 aliphatic rings. The summed E-state index contributed by atoms with van der Waals surface area (Å²) in [6.07, 6.45) is 3.89. The zero-order valence-electron chi connectivity index (χ0n) is 14.5. The fourth-order valence-electron chi connectivity index (χ4n) is 3.65. The van der Waals surface area contributed by atoms with Gasteiger partial charge >= 0.3 is 0 Å². The molecule has 5 heteroatoms. The van der Waals surface area contributed by atoms with E-state index in [2.05, 4.69) is 10.3 Å². The standard InChI is InChI=1S/C18H28N2O3/c1-10(2)15-16(12(4)21)11(3)20-17(15)18(23)19-9-14(22)13-7-5-6-8-13/h10,13-14,20,22H,5-9H2,1-4H3,(H,19,23). The quantitative estimate of drug-likeness (QED) is 0.705. The lowest BCUT2D eigenvalue weighted by Crippen LogP contribution is -2.36. The molecule has 0 aromatic carbocycles. The van der Waals surface area contributed by atoms with E-state index >= 15 is 0 Å². The van der Waals surface area contributed by atoms with Gasteiger partial charge in [0.1, 0.15) is 5.69 Å². The van der Waals surface area contributed by atoms with Gasteiger partial charge in [-0.3, -0.25) is 9.59 Å². The molecule has 1 heterocycles. The summed E-state index contributed by atoms with van der Waals surface area (Å²) >= 11 is 0. The molecular formula is C18H28N2O3. The van der Waals surface area contributed by atoms with E-state index in [0.717, 1.165) is 36.9 Å². The molecule has 0 spiro atoms. The molecule has 2 rings (SSSR count). The molecule has 0 radical (unpaired) electrons. The third kappa shape index (κ3) is 3.83. The van der Waals surface area contributed by atoms with Crippen LogP contribution in [0.4, 0.5) is 0 Å². The fourth-order valence-corrected chi connectivity index (χ4v) is 3.65. The highest BCUT2D eigenvalue weighted by molar-refractivity contribution is 6.03. The van der Waals surface area contributed by atoms with Crippen molar-refractivity contribution in [3.8, 4) is 0 Å². The van der Waals surface area contributed by atoms with Gasteiger partial charge in [-0.1, -0.05) is 26.7 Å². The third-order valence-corrected chi connectivity index (χ3v) is 4.80. The van der Waals surface area contributed by atoms with Crippen LogP contribution in [-0.4, -0.2) is 34.4 Å². The van der Waals surface area contributed by atoms with Crippen molar-refractivity contribution in [2.75, 3.05) is 6.54 Å². The first-order chi connectivity index (χ1) is 10.8. The Balaban J connectivity index is 2.12. The number of aliphatic hydroxyl groups is 1. The summed E-state index contributed by atoms with van der Waals surface area (Å²) < 4.78 is 0. The van der Waals surface area contributed by atoms with Crippen LogP contribution in [0.15, 0.2) is 0 Å². The molecule has 1 atom stereocenters. The number of Topliss-reactive ketones (excluding diaryl/α,β-unsaturated/α-hetero) is 1. The predicted molar refractivity (Wildman–Crippen MR) is 89.9 cm³/mol.